The van der Waals surface area contributed by atoms with Crippen LogP contribution in [0.3, 0.4) is 0 Å². The van der Waals surface area contributed by atoms with Crippen LogP contribution < -0.4 is 4.74 Å². The summed E-state index contributed by atoms with van der Waals surface area (Å²) >= 11 is 1.71. The molecular formula is C19H19NO2S. The van der Waals surface area contributed by atoms with Crippen LogP contribution in [0.5, 0.6) is 5.75 Å². The van der Waals surface area contributed by atoms with E-state index in [1.54, 1.807) is 26.0 Å². The fourth-order valence-electron chi connectivity index (χ4n) is 2.08. The Morgan fingerprint density at radius 3 is 2.61 bits per heavy atom. The minimum absolute atomic E-state index is 0.549. The molecule has 0 heterocycles. The van der Waals surface area contributed by atoms with Crippen molar-refractivity contribution < 1.29 is 9.47 Å². The summed E-state index contributed by atoms with van der Waals surface area (Å²) in [7, 11) is 3.36. The molecule has 0 N–H and O–H groups in total. The monoisotopic (exact) mass is 325 g/mol. The molecule has 118 valence electrons. The van der Waals surface area contributed by atoms with Crippen molar-refractivity contribution in [3.8, 4) is 11.8 Å². The molecule has 0 saturated heterocycles. The van der Waals surface area contributed by atoms with Crippen LogP contribution in [-0.4, -0.2) is 20.8 Å². The van der Waals surface area contributed by atoms with E-state index in [1.165, 1.54) is 5.56 Å². The number of nitrogens with zero attached hydrogens (tertiary/aromatic N) is 1. The van der Waals surface area contributed by atoms with Crippen LogP contribution >= 0.6 is 11.8 Å². The van der Waals surface area contributed by atoms with E-state index in [0.717, 1.165) is 22.6 Å². The molecule has 0 aliphatic carbocycles. The second kappa shape index (κ2) is 9.04. The van der Waals surface area contributed by atoms with E-state index in [-0.39, 0.29) is 0 Å². The van der Waals surface area contributed by atoms with Crippen LogP contribution in [0.4, 0.5) is 0 Å². The third kappa shape index (κ3) is 5.17. The first-order valence-corrected chi connectivity index (χ1v) is 8.24. The molecule has 0 radical (unpaired) electrons. The van der Waals surface area contributed by atoms with Crippen molar-refractivity contribution in [2.75, 3.05) is 20.8 Å². The molecule has 2 rings (SSSR count). The van der Waals surface area contributed by atoms with Gasteiger partial charge in [-0.1, -0.05) is 24.3 Å². The van der Waals surface area contributed by atoms with Gasteiger partial charge in [-0.3, -0.25) is 0 Å². The van der Waals surface area contributed by atoms with E-state index in [4.69, 9.17) is 14.7 Å². The highest BCUT2D eigenvalue weighted by Crippen LogP contribution is 2.24. The van der Waals surface area contributed by atoms with Gasteiger partial charge in [-0.15, -0.1) is 11.8 Å². The lowest BCUT2D eigenvalue weighted by molar-refractivity contribution is 0.240. The average Bonchev–Trinajstić information content (AvgIpc) is 2.61. The molecule has 23 heavy (non-hydrogen) atoms. The molecule has 3 nitrogen and oxygen atoms in total. The Bertz CT molecular complexity index is 702. The third-order valence-electron chi connectivity index (χ3n) is 3.30. The van der Waals surface area contributed by atoms with Crippen molar-refractivity contribution >= 4 is 17.3 Å². The zero-order chi connectivity index (χ0) is 16.5. The van der Waals surface area contributed by atoms with Crippen LogP contribution in [0.25, 0.3) is 5.57 Å². The summed E-state index contributed by atoms with van der Waals surface area (Å²) in [5.41, 5.74) is 4.09. The topological polar surface area (TPSA) is 42.2 Å². The Morgan fingerprint density at radius 2 is 1.96 bits per heavy atom. The van der Waals surface area contributed by atoms with Crippen LogP contribution in [0.1, 0.15) is 16.7 Å². The molecule has 0 spiro atoms. The van der Waals surface area contributed by atoms with Gasteiger partial charge in [0.25, 0.3) is 0 Å². The number of rotatable bonds is 7. The summed E-state index contributed by atoms with van der Waals surface area (Å²) in [5.74, 6) is 1.68. The second-order valence-electron chi connectivity index (χ2n) is 4.93. The first-order valence-electron chi connectivity index (χ1n) is 7.20. The molecule has 0 saturated carbocycles. The number of thioether (sulfide) groups is 1. The van der Waals surface area contributed by atoms with Crippen LogP contribution in [-0.2, 0) is 10.5 Å². The first-order chi connectivity index (χ1) is 11.3. The van der Waals surface area contributed by atoms with Crippen molar-refractivity contribution in [1.29, 1.82) is 5.26 Å². The molecule has 2 aromatic rings. The van der Waals surface area contributed by atoms with Gasteiger partial charge >= 0.3 is 0 Å². The lowest BCUT2D eigenvalue weighted by Crippen LogP contribution is -1.94. The number of hydrogen-bond donors (Lipinski definition) is 0. The van der Waals surface area contributed by atoms with Gasteiger partial charge in [-0.2, -0.15) is 5.26 Å². The highest BCUT2D eigenvalue weighted by molar-refractivity contribution is 8.01. The number of nitriles is 1. The Kier molecular flexibility index (Phi) is 6.74. The van der Waals surface area contributed by atoms with E-state index in [9.17, 15) is 0 Å². The normalized spacial score (nSPS) is 11.1. The number of ether oxygens (including phenoxy) is 2. The maximum Gasteiger partial charge on any atom is 0.119 e. The van der Waals surface area contributed by atoms with Gasteiger partial charge in [-0.25, -0.2) is 0 Å². The van der Waals surface area contributed by atoms with E-state index in [0.29, 0.717) is 12.2 Å². The van der Waals surface area contributed by atoms with Crippen molar-refractivity contribution in [1.82, 2.24) is 0 Å². The van der Waals surface area contributed by atoms with E-state index in [2.05, 4.69) is 17.5 Å². The molecule has 2 aromatic carbocycles. The van der Waals surface area contributed by atoms with Crippen molar-refractivity contribution in [2.24, 2.45) is 0 Å². The first kappa shape index (κ1) is 17.1. The summed E-state index contributed by atoms with van der Waals surface area (Å²) in [5, 5.41) is 10.9. The zero-order valence-electron chi connectivity index (χ0n) is 13.3. The molecule has 0 aliphatic rings. The number of methoxy groups -OCH3 is 2. The van der Waals surface area contributed by atoms with Gasteiger partial charge < -0.3 is 9.47 Å². The minimum atomic E-state index is 0.549. The molecular weight excluding hydrogens is 306 g/mol. The van der Waals surface area contributed by atoms with Crippen LogP contribution in [0, 0.1) is 11.3 Å². The largest absolute Gasteiger partial charge is 0.497 e. The van der Waals surface area contributed by atoms with Crippen molar-refractivity contribution in [3.05, 3.63) is 70.6 Å². The Labute approximate surface area is 141 Å². The van der Waals surface area contributed by atoms with Crippen LogP contribution in [0.15, 0.2) is 53.9 Å². The number of hydrogen-bond acceptors (Lipinski definition) is 4. The van der Waals surface area contributed by atoms with E-state index >= 15 is 0 Å². The fraction of sp³-hybridized carbons (Fsp3) is 0.211. The van der Waals surface area contributed by atoms with Gasteiger partial charge in [0.05, 0.1) is 25.3 Å². The molecule has 0 unspecified atom stereocenters. The summed E-state index contributed by atoms with van der Waals surface area (Å²) in [6, 6.07) is 17.8. The van der Waals surface area contributed by atoms with Gasteiger partial charge in [0, 0.05) is 12.9 Å². The lowest BCUT2D eigenvalue weighted by atomic mass is 10.1. The lowest BCUT2D eigenvalue weighted by Gasteiger charge is -2.09. The highest BCUT2D eigenvalue weighted by atomic mass is 32.2. The molecule has 0 bridgehead atoms. The Balaban J connectivity index is 2.07. The maximum absolute atomic E-state index is 8.82. The molecule has 0 amide bonds. The molecule has 4 heteroatoms. The van der Waals surface area contributed by atoms with E-state index in [1.807, 2.05) is 42.5 Å². The summed E-state index contributed by atoms with van der Waals surface area (Å²) < 4.78 is 10.6. The SMILES string of the molecule is COC/C(=C\SCc1ccc(C#N)cc1)c1cccc(OC)c1. The highest BCUT2D eigenvalue weighted by Gasteiger charge is 2.03. The number of benzene rings is 2. The fourth-order valence-corrected chi connectivity index (χ4v) is 2.95. The van der Waals surface area contributed by atoms with Gasteiger partial charge in [0.1, 0.15) is 5.75 Å². The summed E-state index contributed by atoms with van der Waals surface area (Å²) in [6.07, 6.45) is 0. The van der Waals surface area contributed by atoms with Gasteiger partial charge in [0.2, 0.25) is 0 Å². The average molecular weight is 325 g/mol. The van der Waals surface area contributed by atoms with Crippen molar-refractivity contribution in [2.45, 2.75) is 5.75 Å². The Morgan fingerprint density at radius 1 is 1.17 bits per heavy atom. The quantitative estimate of drug-likeness (QED) is 0.752. The van der Waals surface area contributed by atoms with Crippen molar-refractivity contribution in [3.63, 3.8) is 0 Å². The minimum Gasteiger partial charge on any atom is -0.497 e. The zero-order valence-corrected chi connectivity index (χ0v) is 14.1. The molecule has 0 aromatic heterocycles. The predicted molar refractivity (Wildman–Crippen MR) is 95.3 cm³/mol. The van der Waals surface area contributed by atoms with E-state index < -0.39 is 0 Å². The second-order valence-corrected chi connectivity index (χ2v) is 5.79. The predicted octanol–water partition coefficient (Wildman–Crippen LogP) is 4.49. The molecule has 0 aliphatic heterocycles. The van der Waals surface area contributed by atoms with Gasteiger partial charge in [0.15, 0.2) is 0 Å². The smallest absolute Gasteiger partial charge is 0.119 e. The Hall–Kier alpha value is -2.22. The van der Waals surface area contributed by atoms with Crippen LogP contribution in [0.2, 0.25) is 0 Å². The summed E-state index contributed by atoms with van der Waals surface area (Å²) in [4.78, 5) is 0. The third-order valence-corrected chi connectivity index (χ3v) is 4.25. The standard InChI is InChI=1S/C19H19NO2S/c1-21-12-18(17-4-3-5-19(10-17)22-2)14-23-13-16-8-6-15(11-20)7-9-16/h3-10,14H,12-13H2,1-2H3/b18-14+. The maximum atomic E-state index is 8.82. The summed E-state index contributed by atoms with van der Waals surface area (Å²) in [6.45, 7) is 0.549. The molecule has 0 fully saturated rings. The van der Waals surface area contributed by atoms with Gasteiger partial charge in [-0.05, 0) is 46.4 Å². The molecule has 0 atom stereocenters.